The number of carbonyl (C=O) groups is 2. The maximum absolute atomic E-state index is 13.7. The van der Waals surface area contributed by atoms with Crippen molar-refractivity contribution in [1.29, 1.82) is 0 Å². The van der Waals surface area contributed by atoms with E-state index in [0.29, 0.717) is 17.0 Å². The van der Waals surface area contributed by atoms with Gasteiger partial charge in [-0.05, 0) is 74.1 Å². The number of nitrogens with one attached hydrogen (secondary N) is 1. The summed E-state index contributed by atoms with van der Waals surface area (Å²) in [7, 11) is 0. The third-order valence-electron chi connectivity index (χ3n) is 7.02. The van der Waals surface area contributed by atoms with Crippen molar-refractivity contribution in [3.63, 3.8) is 0 Å². The van der Waals surface area contributed by atoms with Crippen molar-refractivity contribution < 1.29 is 9.59 Å². The summed E-state index contributed by atoms with van der Waals surface area (Å²) in [6, 6.07) is 23.3. The number of hydrogen-bond acceptors (Lipinski definition) is 4. The molecule has 0 saturated carbocycles. The summed E-state index contributed by atoms with van der Waals surface area (Å²) in [6.07, 6.45) is 2.41. The first-order chi connectivity index (χ1) is 16.9. The van der Waals surface area contributed by atoms with Crippen molar-refractivity contribution in [3.8, 4) is 0 Å². The van der Waals surface area contributed by atoms with Gasteiger partial charge in [0.15, 0.2) is 0 Å². The quantitative estimate of drug-likeness (QED) is 0.474. The lowest BCUT2D eigenvalue weighted by molar-refractivity contribution is -0.120. The van der Waals surface area contributed by atoms with Crippen LogP contribution in [0.15, 0.2) is 78.5 Å². The maximum Gasteiger partial charge on any atom is 0.282 e. The van der Waals surface area contributed by atoms with E-state index >= 15 is 0 Å². The van der Waals surface area contributed by atoms with Gasteiger partial charge in [-0.2, -0.15) is 0 Å². The molecule has 3 aromatic carbocycles. The first kappa shape index (κ1) is 22.9. The van der Waals surface area contributed by atoms with Crippen LogP contribution in [-0.4, -0.2) is 24.9 Å². The SMILES string of the molecule is Cc1ccc(N2C(=O)C(Nc3ccc(N4CCC(C)CC4)cc3)=C(c3ccccc3)C2=O)c(C)c1. The van der Waals surface area contributed by atoms with Gasteiger partial charge in [-0.15, -0.1) is 0 Å². The second kappa shape index (κ2) is 9.41. The van der Waals surface area contributed by atoms with Crippen LogP contribution in [0.5, 0.6) is 0 Å². The van der Waals surface area contributed by atoms with Crippen molar-refractivity contribution in [1.82, 2.24) is 0 Å². The van der Waals surface area contributed by atoms with E-state index in [4.69, 9.17) is 0 Å². The lowest BCUT2D eigenvalue weighted by atomic mass is 9.99. The molecule has 0 atom stereocenters. The molecule has 3 aromatic rings. The Labute approximate surface area is 207 Å². The van der Waals surface area contributed by atoms with E-state index < -0.39 is 0 Å². The summed E-state index contributed by atoms with van der Waals surface area (Å²) >= 11 is 0. The van der Waals surface area contributed by atoms with E-state index in [9.17, 15) is 9.59 Å². The van der Waals surface area contributed by atoms with Crippen LogP contribution in [0.1, 0.15) is 36.5 Å². The van der Waals surface area contributed by atoms with Crippen molar-refractivity contribution in [2.45, 2.75) is 33.6 Å². The van der Waals surface area contributed by atoms with Crippen LogP contribution in [0.3, 0.4) is 0 Å². The summed E-state index contributed by atoms with van der Waals surface area (Å²) in [4.78, 5) is 31.0. The Kier molecular flexibility index (Phi) is 6.16. The van der Waals surface area contributed by atoms with Crippen LogP contribution < -0.4 is 15.1 Å². The molecule has 0 bridgehead atoms. The number of carbonyl (C=O) groups excluding carboxylic acids is 2. The first-order valence-corrected chi connectivity index (χ1v) is 12.3. The fourth-order valence-electron chi connectivity index (χ4n) is 4.96. The second-order valence-electron chi connectivity index (χ2n) is 9.69. The van der Waals surface area contributed by atoms with Crippen molar-refractivity contribution in [3.05, 3.63) is 95.2 Å². The number of nitrogens with zero attached hydrogens (tertiary/aromatic N) is 2. The predicted molar refractivity (Wildman–Crippen MR) is 142 cm³/mol. The summed E-state index contributed by atoms with van der Waals surface area (Å²) in [5.74, 6) is 0.131. The molecule has 2 aliphatic heterocycles. The zero-order valence-corrected chi connectivity index (χ0v) is 20.5. The molecule has 2 aliphatic rings. The average Bonchev–Trinajstić information content (AvgIpc) is 3.10. The lowest BCUT2D eigenvalue weighted by Gasteiger charge is -2.32. The average molecular weight is 466 g/mol. The maximum atomic E-state index is 13.7. The van der Waals surface area contributed by atoms with E-state index in [1.54, 1.807) is 0 Å². The number of aryl methyl sites for hydroxylation is 2. The molecular weight excluding hydrogens is 434 g/mol. The highest BCUT2D eigenvalue weighted by atomic mass is 16.2. The number of amides is 2. The molecule has 178 valence electrons. The molecule has 1 fully saturated rings. The van der Waals surface area contributed by atoms with Gasteiger partial charge in [0.05, 0.1) is 11.3 Å². The molecule has 2 amide bonds. The van der Waals surface area contributed by atoms with E-state index in [-0.39, 0.29) is 11.8 Å². The highest BCUT2D eigenvalue weighted by Crippen LogP contribution is 2.35. The number of imide groups is 1. The fourth-order valence-corrected chi connectivity index (χ4v) is 4.96. The van der Waals surface area contributed by atoms with E-state index in [1.807, 2.05) is 74.5 Å². The molecule has 0 radical (unpaired) electrons. The highest BCUT2D eigenvalue weighted by Gasteiger charge is 2.40. The molecular formula is C30H31N3O2. The Bertz CT molecular complexity index is 1290. The van der Waals surface area contributed by atoms with Gasteiger partial charge in [0.1, 0.15) is 5.70 Å². The van der Waals surface area contributed by atoms with Gasteiger partial charge in [0.25, 0.3) is 11.8 Å². The molecule has 5 heteroatoms. The lowest BCUT2D eigenvalue weighted by Crippen LogP contribution is -2.33. The summed E-state index contributed by atoms with van der Waals surface area (Å²) in [6.45, 7) is 8.36. The number of rotatable bonds is 5. The Morgan fingerprint density at radius 1 is 0.829 bits per heavy atom. The van der Waals surface area contributed by atoms with Crippen molar-refractivity contribution in [2.75, 3.05) is 28.2 Å². The van der Waals surface area contributed by atoms with Crippen LogP contribution in [-0.2, 0) is 9.59 Å². The molecule has 0 aromatic heterocycles. The Morgan fingerprint density at radius 3 is 2.17 bits per heavy atom. The number of anilines is 3. The minimum atomic E-state index is -0.338. The van der Waals surface area contributed by atoms with Gasteiger partial charge in [-0.1, -0.05) is 55.0 Å². The van der Waals surface area contributed by atoms with Gasteiger partial charge in [-0.25, -0.2) is 4.90 Å². The van der Waals surface area contributed by atoms with Crippen LogP contribution in [0, 0.1) is 19.8 Å². The minimum Gasteiger partial charge on any atom is -0.372 e. The van der Waals surface area contributed by atoms with Crippen LogP contribution in [0.2, 0.25) is 0 Å². The normalized spacial score (nSPS) is 16.9. The molecule has 5 rings (SSSR count). The van der Waals surface area contributed by atoms with E-state index in [2.05, 4.69) is 29.3 Å². The Balaban J connectivity index is 1.48. The summed E-state index contributed by atoms with van der Waals surface area (Å²) < 4.78 is 0. The smallest absolute Gasteiger partial charge is 0.282 e. The molecule has 5 nitrogen and oxygen atoms in total. The minimum absolute atomic E-state index is 0.306. The Hall–Kier alpha value is -3.86. The number of benzene rings is 3. The third kappa shape index (κ3) is 4.46. The van der Waals surface area contributed by atoms with Crippen molar-refractivity contribution >= 4 is 34.4 Å². The van der Waals surface area contributed by atoms with Crippen molar-refractivity contribution in [2.24, 2.45) is 5.92 Å². The predicted octanol–water partition coefficient (Wildman–Crippen LogP) is 5.94. The number of hydrogen-bond donors (Lipinski definition) is 1. The molecule has 1 N–H and O–H groups in total. The summed E-state index contributed by atoms with van der Waals surface area (Å²) in [5.41, 5.74) is 5.98. The van der Waals surface area contributed by atoms with Crippen LogP contribution in [0.25, 0.3) is 5.57 Å². The number of piperidine rings is 1. The van der Waals surface area contributed by atoms with Gasteiger partial charge in [0.2, 0.25) is 0 Å². The standard InChI is InChI=1S/C30H31N3O2/c1-20-15-17-32(18-16-20)25-12-10-24(11-13-25)31-28-27(23-7-5-4-6-8-23)29(34)33(30(28)35)26-14-9-21(2)19-22(26)3/h4-14,19-20,31H,15-18H2,1-3H3. The Morgan fingerprint density at radius 2 is 1.51 bits per heavy atom. The van der Waals surface area contributed by atoms with Gasteiger partial charge >= 0.3 is 0 Å². The van der Waals surface area contributed by atoms with Gasteiger partial charge < -0.3 is 10.2 Å². The molecule has 2 heterocycles. The van der Waals surface area contributed by atoms with Crippen LogP contribution in [0.4, 0.5) is 17.1 Å². The zero-order valence-electron chi connectivity index (χ0n) is 20.5. The van der Waals surface area contributed by atoms with E-state index in [1.165, 1.54) is 23.4 Å². The van der Waals surface area contributed by atoms with Gasteiger partial charge in [-0.3, -0.25) is 9.59 Å². The third-order valence-corrected chi connectivity index (χ3v) is 7.02. The molecule has 0 unspecified atom stereocenters. The second-order valence-corrected chi connectivity index (χ2v) is 9.69. The monoisotopic (exact) mass is 465 g/mol. The van der Waals surface area contributed by atoms with Gasteiger partial charge in [0, 0.05) is 24.5 Å². The van der Waals surface area contributed by atoms with Crippen LogP contribution >= 0.6 is 0 Å². The van der Waals surface area contributed by atoms with E-state index in [0.717, 1.165) is 41.4 Å². The largest absolute Gasteiger partial charge is 0.372 e. The fraction of sp³-hybridized carbons (Fsp3) is 0.267. The molecule has 1 saturated heterocycles. The first-order valence-electron chi connectivity index (χ1n) is 12.3. The topological polar surface area (TPSA) is 52.7 Å². The zero-order chi connectivity index (χ0) is 24.5. The molecule has 0 spiro atoms. The summed E-state index contributed by atoms with van der Waals surface area (Å²) in [5, 5.41) is 3.29. The highest BCUT2D eigenvalue weighted by molar-refractivity contribution is 6.46. The molecule has 0 aliphatic carbocycles. The molecule has 35 heavy (non-hydrogen) atoms.